The van der Waals surface area contributed by atoms with Gasteiger partial charge in [-0.3, -0.25) is 0 Å². The Balaban J connectivity index is 2.21. The minimum atomic E-state index is -2.72. The molecule has 4 rings (SSSR count). The molecule has 0 N–H and O–H groups in total. The van der Waals surface area contributed by atoms with E-state index in [4.69, 9.17) is 9.97 Å². The molecule has 0 amide bonds. The normalized spacial score (nSPS) is 11.8. The lowest BCUT2D eigenvalue weighted by molar-refractivity contribution is 1.06. The van der Waals surface area contributed by atoms with Gasteiger partial charge in [-0.1, -0.05) is 112 Å². The average molecular weight is 468 g/mol. The van der Waals surface area contributed by atoms with E-state index >= 15 is 0 Å². The molecule has 33 heavy (non-hydrogen) atoms. The first-order valence-electron chi connectivity index (χ1n) is 12.0. The summed E-state index contributed by atoms with van der Waals surface area (Å²) in [6, 6.07) is 38.7. The van der Waals surface area contributed by atoms with E-state index < -0.39 is 16.5 Å². The van der Waals surface area contributed by atoms with Crippen LogP contribution in [0, 0.1) is 0 Å². The van der Waals surface area contributed by atoms with Crippen molar-refractivity contribution in [2.75, 3.05) is 4.23 Å². The summed E-state index contributed by atoms with van der Waals surface area (Å²) in [5.41, 5.74) is 0. The van der Waals surface area contributed by atoms with Crippen molar-refractivity contribution < 1.29 is 0 Å². The molecule has 0 unspecified atom stereocenters. The van der Waals surface area contributed by atoms with E-state index in [1.165, 1.54) is 15.6 Å². The van der Waals surface area contributed by atoms with E-state index in [0.29, 0.717) is 0 Å². The van der Waals surface area contributed by atoms with Crippen molar-refractivity contribution in [3.8, 4) is 0 Å². The van der Waals surface area contributed by atoms with Gasteiger partial charge in [0, 0.05) is 12.4 Å². The molecule has 0 fully saturated rings. The van der Waals surface area contributed by atoms with Gasteiger partial charge in [-0.2, -0.15) is 0 Å². The van der Waals surface area contributed by atoms with Crippen molar-refractivity contribution in [3.05, 3.63) is 109 Å². The van der Waals surface area contributed by atoms with Gasteiger partial charge in [0.25, 0.3) is 0 Å². The first-order chi connectivity index (χ1) is 16.2. The standard InChI is InChI=1S/C28H33N3Si2/c1-4-32(5-2,6-3)31(28-29-23-16-24-30-28)33(25-17-10-7-11-18-25,26-19-12-8-13-20-26)27-21-14-9-15-22-27/h7-24H,4-6H2,1-3H3. The highest BCUT2D eigenvalue weighted by atomic mass is 28.4. The zero-order valence-corrected chi connectivity index (χ0v) is 21.9. The van der Waals surface area contributed by atoms with Gasteiger partial charge >= 0.3 is 0 Å². The molecule has 168 valence electrons. The minimum absolute atomic E-state index is 0.873. The second-order valence-electron chi connectivity index (χ2n) is 8.48. The third-order valence-corrected chi connectivity index (χ3v) is 19.0. The number of benzene rings is 3. The summed E-state index contributed by atoms with van der Waals surface area (Å²) in [5.74, 6) is 0.873. The van der Waals surface area contributed by atoms with Gasteiger partial charge in [0.05, 0.1) is 0 Å². The Hall–Kier alpha value is -3.03. The molecule has 3 aromatic carbocycles. The van der Waals surface area contributed by atoms with E-state index in [1.807, 2.05) is 18.5 Å². The van der Waals surface area contributed by atoms with Gasteiger partial charge in [-0.05, 0) is 39.8 Å². The van der Waals surface area contributed by atoms with Crippen LogP contribution in [0.15, 0.2) is 109 Å². The van der Waals surface area contributed by atoms with Crippen LogP contribution in [0.2, 0.25) is 18.1 Å². The molecule has 0 atom stereocenters. The molecule has 1 aromatic heterocycles. The molecular weight excluding hydrogens is 435 g/mol. The third kappa shape index (κ3) is 4.07. The first-order valence-corrected chi connectivity index (χ1v) is 16.5. The quantitative estimate of drug-likeness (QED) is 0.257. The molecule has 5 heteroatoms. The molecule has 0 spiro atoms. The number of aromatic nitrogens is 2. The Kier molecular flexibility index (Phi) is 7.21. The molecule has 0 radical (unpaired) electrons. The number of hydrogen-bond acceptors (Lipinski definition) is 3. The van der Waals surface area contributed by atoms with E-state index in [0.717, 1.165) is 24.1 Å². The highest BCUT2D eigenvalue weighted by Crippen LogP contribution is 2.33. The Morgan fingerprint density at radius 2 is 0.909 bits per heavy atom. The number of nitrogens with zero attached hydrogens (tertiary/aromatic N) is 3. The SMILES string of the molecule is CC[Si](CC)(CC)N(c1ncccn1)[Si](c1ccccc1)(c1ccccc1)c1ccccc1. The maximum atomic E-state index is 4.92. The average Bonchev–Trinajstić information content (AvgIpc) is 2.91. The van der Waals surface area contributed by atoms with Crippen LogP contribution in [-0.4, -0.2) is 26.4 Å². The predicted molar refractivity (Wildman–Crippen MR) is 146 cm³/mol. The van der Waals surface area contributed by atoms with Gasteiger partial charge < -0.3 is 4.23 Å². The summed E-state index contributed by atoms with van der Waals surface area (Å²) < 4.78 is 2.79. The van der Waals surface area contributed by atoms with E-state index in [2.05, 4.69) is 116 Å². The van der Waals surface area contributed by atoms with Crippen molar-refractivity contribution in [2.24, 2.45) is 0 Å². The zero-order valence-electron chi connectivity index (χ0n) is 19.9. The predicted octanol–water partition coefficient (Wildman–Crippen LogP) is 4.96. The summed E-state index contributed by atoms with van der Waals surface area (Å²) in [5, 5.41) is 4.13. The van der Waals surface area contributed by atoms with Crippen LogP contribution in [-0.2, 0) is 0 Å². The summed E-state index contributed by atoms with van der Waals surface area (Å²) in [6.07, 6.45) is 3.80. The second-order valence-corrected chi connectivity index (χ2v) is 17.5. The second kappa shape index (κ2) is 10.3. The van der Waals surface area contributed by atoms with Crippen LogP contribution < -0.4 is 19.8 Å². The molecule has 0 aliphatic rings. The zero-order chi connectivity index (χ0) is 23.2. The highest BCUT2D eigenvalue weighted by Gasteiger charge is 2.54. The van der Waals surface area contributed by atoms with Crippen LogP contribution in [0.1, 0.15) is 20.8 Å². The van der Waals surface area contributed by atoms with Crippen molar-refractivity contribution in [1.82, 2.24) is 9.97 Å². The molecular formula is C28H33N3Si2. The summed E-state index contributed by atoms with van der Waals surface area (Å²) in [4.78, 5) is 9.83. The monoisotopic (exact) mass is 467 g/mol. The number of hydrogen-bond donors (Lipinski definition) is 0. The largest absolute Gasteiger partial charge is 0.382 e. The summed E-state index contributed by atoms with van der Waals surface area (Å²) >= 11 is 0. The fourth-order valence-electron chi connectivity index (χ4n) is 5.27. The third-order valence-electron chi connectivity index (χ3n) is 7.11. The van der Waals surface area contributed by atoms with Gasteiger partial charge in [0.1, 0.15) is 0 Å². The van der Waals surface area contributed by atoms with Crippen LogP contribution in [0.4, 0.5) is 5.95 Å². The maximum Gasteiger partial charge on any atom is 0.247 e. The molecule has 3 nitrogen and oxygen atoms in total. The minimum Gasteiger partial charge on any atom is -0.382 e. The molecule has 0 bridgehead atoms. The van der Waals surface area contributed by atoms with Crippen molar-refractivity contribution in [1.29, 1.82) is 0 Å². The van der Waals surface area contributed by atoms with Gasteiger partial charge in [-0.25, -0.2) is 9.97 Å². The topological polar surface area (TPSA) is 29.0 Å². The van der Waals surface area contributed by atoms with Crippen LogP contribution in [0.5, 0.6) is 0 Å². The van der Waals surface area contributed by atoms with Crippen molar-refractivity contribution in [3.63, 3.8) is 0 Å². The lowest BCUT2D eigenvalue weighted by Crippen LogP contribution is -2.83. The fraction of sp³-hybridized carbons (Fsp3) is 0.214. The molecule has 0 saturated carbocycles. The first kappa shape index (κ1) is 23.1. The molecule has 1 heterocycles. The van der Waals surface area contributed by atoms with Crippen molar-refractivity contribution in [2.45, 2.75) is 38.9 Å². The van der Waals surface area contributed by atoms with Gasteiger partial charge in [-0.15, -0.1) is 0 Å². The fourth-order valence-corrected chi connectivity index (χ4v) is 17.9. The van der Waals surface area contributed by atoms with Crippen LogP contribution in [0.3, 0.4) is 0 Å². The summed E-state index contributed by atoms with van der Waals surface area (Å²) in [7, 11) is -4.72. The molecule has 4 aromatic rings. The Labute approximate surface area is 200 Å². The van der Waals surface area contributed by atoms with E-state index in [9.17, 15) is 0 Å². The van der Waals surface area contributed by atoms with Gasteiger partial charge in [0.15, 0.2) is 8.24 Å². The Bertz CT molecular complexity index is 1010. The van der Waals surface area contributed by atoms with Crippen LogP contribution >= 0.6 is 0 Å². The lowest BCUT2D eigenvalue weighted by Gasteiger charge is -2.53. The summed E-state index contributed by atoms with van der Waals surface area (Å²) in [6.45, 7) is 7.11. The van der Waals surface area contributed by atoms with Crippen LogP contribution in [0.25, 0.3) is 0 Å². The van der Waals surface area contributed by atoms with E-state index in [1.54, 1.807) is 0 Å². The number of rotatable bonds is 9. The Morgan fingerprint density at radius 3 is 1.24 bits per heavy atom. The lowest BCUT2D eigenvalue weighted by atomic mass is 10.3. The number of anilines is 1. The highest BCUT2D eigenvalue weighted by molar-refractivity contribution is 7.21. The maximum absolute atomic E-state index is 4.92. The molecule has 0 saturated heterocycles. The molecule has 0 aliphatic carbocycles. The Morgan fingerprint density at radius 1 is 0.545 bits per heavy atom. The van der Waals surface area contributed by atoms with Gasteiger partial charge in [0.2, 0.25) is 14.2 Å². The van der Waals surface area contributed by atoms with Crippen molar-refractivity contribution >= 4 is 38.0 Å². The smallest absolute Gasteiger partial charge is 0.247 e. The van der Waals surface area contributed by atoms with E-state index in [-0.39, 0.29) is 0 Å². The molecule has 0 aliphatic heterocycles.